The number of fused-ring (bicyclic) bond motifs is 1. The molecule has 0 fully saturated rings. The van der Waals surface area contributed by atoms with Crippen LogP contribution in [0.3, 0.4) is 0 Å². The Morgan fingerprint density at radius 1 is 1.11 bits per heavy atom. The minimum Gasteiger partial charge on any atom is -0.497 e. The maximum atomic E-state index is 11.3. The number of aryl methyl sites for hydroxylation is 1. The van der Waals surface area contributed by atoms with E-state index < -0.39 is 0 Å². The molecule has 148 valence electrons. The van der Waals surface area contributed by atoms with E-state index in [1.165, 1.54) is 29.9 Å². The highest BCUT2D eigenvalue weighted by molar-refractivity contribution is 5.86. The second-order valence-electron chi connectivity index (χ2n) is 6.83. The Bertz CT molecular complexity index is 837. The van der Waals surface area contributed by atoms with E-state index >= 15 is 0 Å². The van der Waals surface area contributed by atoms with Crippen molar-refractivity contribution in [2.45, 2.75) is 25.3 Å². The number of nitrogens with one attached hydrogen (secondary N) is 1. The first-order valence-corrected chi connectivity index (χ1v) is 9.47. The molecular formula is C23H27NO4. The number of hydrogen-bond acceptors (Lipinski definition) is 5. The lowest BCUT2D eigenvalue weighted by molar-refractivity contribution is -0.134. The van der Waals surface area contributed by atoms with Crippen LogP contribution in [0.2, 0.25) is 0 Å². The van der Waals surface area contributed by atoms with Gasteiger partial charge in [0.05, 0.1) is 21.3 Å². The third kappa shape index (κ3) is 4.93. The number of carbonyl (C=O) groups is 1. The van der Waals surface area contributed by atoms with E-state index in [1.54, 1.807) is 20.3 Å². The van der Waals surface area contributed by atoms with E-state index in [2.05, 4.69) is 22.2 Å². The van der Waals surface area contributed by atoms with Gasteiger partial charge in [0, 0.05) is 18.2 Å². The van der Waals surface area contributed by atoms with Crippen molar-refractivity contribution >= 4 is 12.0 Å². The Hall–Kier alpha value is -2.79. The minimum absolute atomic E-state index is 0.339. The molecule has 0 bridgehead atoms. The third-order valence-electron chi connectivity index (χ3n) is 5.07. The summed E-state index contributed by atoms with van der Waals surface area (Å²) in [6.07, 6.45) is 6.28. The van der Waals surface area contributed by atoms with E-state index in [-0.39, 0.29) is 5.97 Å². The Morgan fingerprint density at radius 3 is 2.54 bits per heavy atom. The van der Waals surface area contributed by atoms with Crippen molar-refractivity contribution in [1.29, 1.82) is 0 Å². The van der Waals surface area contributed by atoms with Crippen molar-refractivity contribution in [3.05, 3.63) is 64.7 Å². The molecule has 2 aromatic rings. The second kappa shape index (κ2) is 9.42. The van der Waals surface area contributed by atoms with Crippen molar-refractivity contribution in [3.63, 3.8) is 0 Å². The van der Waals surface area contributed by atoms with Crippen molar-refractivity contribution in [3.8, 4) is 11.5 Å². The molecule has 0 heterocycles. The summed E-state index contributed by atoms with van der Waals surface area (Å²) in [4.78, 5) is 11.3. The van der Waals surface area contributed by atoms with Gasteiger partial charge >= 0.3 is 5.97 Å². The molecule has 1 unspecified atom stereocenters. The molecule has 1 atom stereocenters. The maximum absolute atomic E-state index is 11.3. The van der Waals surface area contributed by atoms with Gasteiger partial charge in [-0.2, -0.15) is 0 Å². The monoisotopic (exact) mass is 381 g/mol. The van der Waals surface area contributed by atoms with E-state index in [0.29, 0.717) is 6.04 Å². The number of hydrogen-bond donors (Lipinski definition) is 1. The Morgan fingerprint density at radius 2 is 1.86 bits per heavy atom. The zero-order valence-corrected chi connectivity index (χ0v) is 16.7. The van der Waals surface area contributed by atoms with Crippen LogP contribution in [0.25, 0.3) is 6.08 Å². The average Bonchev–Trinajstić information content (AvgIpc) is 3.13. The lowest BCUT2D eigenvalue weighted by Gasteiger charge is -2.15. The fourth-order valence-corrected chi connectivity index (χ4v) is 3.59. The molecule has 1 aliphatic carbocycles. The molecule has 3 rings (SSSR count). The molecule has 0 radical (unpaired) electrons. The fourth-order valence-electron chi connectivity index (χ4n) is 3.59. The molecular weight excluding hydrogens is 354 g/mol. The Labute approximate surface area is 166 Å². The minimum atomic E-state index is -0.339. The van der Waals surface area contributed by atoms with E-state index in [9.17, 15) is 4.79 Å². The first-order chi connectivity index (χ1) is 13.6. The van der Waals surface area contributed by atoms with E-state index in [4.69, 9.17) is 9.47 Å². The summed E-state index contributed by atoms with van der Waals surface area (Å²) in [6, 6.07) is 12.7. The second-order valence-corrected chi connectivity index (χ2v) is 6.83. The normalized spacial score (nSPS) is 15.5. The number of benzene rings is 2. The number of rotatable bonds is 8. The summed E-state index contributed by atoms with van der Waals surface area (Å²) in [6.45, 7) is 0.879. The molecule has 0 saturated carbocycles. The van der Waals surface area contributed by atoms with Gasteiger partial charge < -0.3 is 19.5 Å². The van der Waals surface area contributed by atoms with Crippen molar-refractivity contribution in [2.75, 3.05) is 27.9 Å². The van der Waals surface area contributed by atoms with Crippen LogP contribution in [0.4, 0.5) is 0 Å². The van der Waals surface area contributed by atoms with Crippen LogP contribution in [0.15, 0.2) is 42.5 Å². The van der Waals surface area contributed by atoms with Crippen molar-refractivity contribution < 1.29 is 19.0 Å². The molecule has 0 aromatic heterocycles. The summed E-state index contributed by atoms with van der Waals surface area (Å²) >= 11 is 0. The highest BCUT2D eigenvalue weighted by Gasteiger charge is 2.21. The number of ether oxygens (including phenoxy) is 3. The van der Waals surface area contributed by atoms with Gasteiger partial charge in [0.15, 0.2) is 0 Å². The lowest BCUT2D eigenvalue weighted by Crippen LogP contribution is -2.21. The van der Waals surface area contributed by atoms with E-state index in [1.807, 2.05) is 24.3 Å². The van der Waals surface area contributed by atoms with Crippen LogP contribution in [-0.4, -0.2) is 33.8 Å². The molecule has 28 heavy (non-hydrogen) atoms. The van der Waals surface area contributed by atoms with Gasteiger partial charge in [0.25, 0.3) is 0 Å². The van der Waals surface area contributed by atoms with Crippen molar-refractivity contribution in [2.24, 2.45) is 0 Å². The fraction of sp³-hybridized carbons (Fsp3) is 0.348. The summed E-state index contributed by atoms with van der Waals surface area (Å²) < 4.78 is 15.3. The smallest absolute Gasteiger partial charge is 0.330 e. The first-order valence-electron chi connectivity index (χ1n) is 9.47. The highest BCUT2D eigenvalue weighted by atomic mass is 16.5. The molecule has 1 aliphatic rings. The van der Waals surface area contributed by atoms with Crippen molar-refractivity contribution in [1.82, 2.24) is 5.32 Å². The van der Waals surface area contributed by atoms with Gasteiger partial charge in [-0.25, -0.2) is 4.79 Å². The predicted molar refractivity (Wildman–Crippen MR) is 110 cm³/mol. The summed E-state index contributed by atoms with van der Waals surface area (Å²) in [5.41, 5.74) is 4.89. The SMILES string of the molecule is COC(=O)/C=C/c1ccc2c(c1)CCC2NCCc1cc(OC)cc(OC)c1. The molecule has 0 spiro atoms. The van der Waals surface area contributed by atoms with Gasteiger partial charge in [-0.05, 0) is 66.3 Å². The first kappa shape index (κ1) is 20.0. The highest BCUT2D eigenvalue weighted by Crippen LogP contribution is 2.32. The summed E-state index contributed by atoms with van der Waals surface area (Å²) in [5, 5.41) is 3.67. The number of carbonyl (C=O) groups excluding carboxylic acids is 1. The molecule has 0 aliphatic heterocycles. The molecule has 5 nitrogen and oxygen atoms in total. The molecule has 1 N–H and O–H groups in total. The summed E-state index contributed by atoms with van der Waals surface area (Å²) in [7, 11) is 4.72. The molecule has 0 amide bonds. The zero-order chi connectivity index (χ0) is 19.9. The lowest BCUT2D eigenvalue weighted by atomic mass is 10.0. The zero-order valence-electron chi connectivity index (χ0n) is 16.7. The van der Waals surface area contributed by atoms with Gasteiger partial charge in [0.1, 0.15) is 11.5 Å². The summed E-state index contributed by atoms with van der Waals surface area (Å²) in [5.74, 6) is 1.29. The molecule has 5 heteroatoms. The maximum Gasteiger partial charge on any atom is 0.330 e. The molecule has 0 saturated heterocycles. The quantitative estimate of drug-likeness (QED) is 0.558. The Balaban J connectivity index is 1.59. The van der Waals surface area contributed by atoms with Crippen LogP contribution in [0.5, 0.6) is 11.5 Å². The van der Waals surface area contributed by atoms with Gasteiger partial charge in [0.2, 0.25) is 0 Å². The Kier molecular flexibility index (Phi) is 6.71. The number of methoxy groups -OCH3 is 3. The van der Waals surface area contributed by atoms with Crippen LogP contribution in [0.1, 0.15) is 34.7 Å². The standard InChI is InChI=1S/C23H27NO4/c1-26-19-13-17(14-20(15-19)27-2)10-11-24-22-8-6-18-12-16(4-7-21(18)22)5-9-23(25)28-3/h4-5,7,9,12-15,22,24H,6,8,10-11H2,1-3H3/b9-5+. The molecule has 2 aromatic carbocycles. The van der Waals surface area contributed by atoms with Crippen LogP contribution in [-0.2, 0) is 22.4 Å². The largest absolute Gasteiger partial charge is 0.497 e. The predicted octanol–water partition coefficient (Wildman–Crippen LogP) is 3.71. The van der Waals surface area contributed by atoms with Gasteiger partial charge in [-0.15, -0.1) is 0 Å². The van der Waals surface area contributed by atoms with Crippen LogP contribution < -0.4 is 14.8 Å². The third-order valence-corrected chi connectivity index (χ3v) is 5.07. The number of esters is 1. The van der Waals surface area contributed by atoms with Crippen LogP contribution in [0, 0.1) is 0 Å². The van der Waals surface area contributed by atoms with Gasteiger partial charge in [-0.1, -0.05) is 18.2 Å². The van der Waals surface area contributed by atoms with Crippen LogP contribution >= 0.6 is 0 Å². The topological polar surface area (TPSA) is 56.8 Å². The van der Waals surface area contributed by atoms with E-state index in [0.717, 1.165) is 42.9 Å². The average molecular weight is 381 g/mol. The van der Waals surface area contributed by atoms with Gasteiger partial charge in [-0.3, -0.25) is 0 Å².